The van der Waals surface area contributed by atoms with Crippen molar-refractivity contribution < 1.29 is 9.59 Å². The van der Waals surface area contributed by atoms with Crippen molar-refractivity contribution in [1.29, 1.82) is 0 Å². The van der Waals surface area contributed by atoms with Crippen molar-refractivity contribution in [2.24, 2.45) is 0 Å². The van der Waals surface area contributed by atoms with Crippen LogP contribution in [0.5, 0.6) is 0 Å². The molecule has 3 aromatic rings. The molecule has 0 aliphatic carbocycles. The fourth-order valence-corrected chi connectivity index (χ4v) is 5.95. The highest BCUT2D eigenvalue weighted by atomic mass is 32.1. The fourth-order valence-electron chi connectivity index (χ4n) is 4.35. The normalized spacial score (nSPS) is 19.3. The Kier molecular flexibility index (Phi) is 6.13. The summed E-state index contributed by atoms with van der Waals surface area (Å²) in [6.07, 6.45) is 4.38. The summed E-state index contributed by atoms with van der Waals surface area (Å²) in [5.74, 6) is 1.24. The summed E-state index contributed by atoms with van der Waals surface area (Å²) < 4.78 is 0. The molecular formula is C22H24N6O2S2. The molecule has 2 fully saturated rings. The minimum absolute atomic E-state index is 0.0107. The van der Waals surface area contributed by atoms with E-state index in [1.165, 1.54) is 16.2 Å². The van der Waals surface area contributed by atoms with Gasteiger partial charge in [-0.25, -0.2) is 4.98 Å². The number of thiazole rings is 1. The van der Waals surface area contributed by atoms with E-state index < -0.39 is 0 Å². The first-order chi connectivity index (χ1) is 15.7. The maximum Gasteiger partial charge on any atom is 0.273 e. The third-order valence-electron chi connectivity index (χ3n) is 6.09. The number of hydrogen-bond donors (Lipinski definition) is 1. The first-order valence-electron chi connectivity index (χ1n) is 10.8. The van der Waals surface area contributed by atoms with Crippen molar-refractivity contribution in [2.45, 2.75) is 31.2 Å². The zero-order valence-corrected chi connectivity index (χ0v) is 19.1. The van der Waals surface area contributed by atoms with E-state index in [0.29, 0.717) is 11.6 Å². The first-order valence-corrected chi connectivity index (χ1v) is 12.5. The first kappa shape index (κ1) is 21.0. The Morgan fingerprint density at radius 3 is 2.72 bits per heavy atom. The summed E-state index contributed by atoms with van der Waals surface area (Å²) >= 11 is 3.01. The molecule has 3 aromatic heterocycles. The number of hydrogen-bond acceptors (Lipinski definition) is 8. The average molecular weight is 469 g/mol. The topological polar surface area (TPSA) is 91.3 Å². The Morgan fingerprint density at radius 1 is 1.09 bits per heavy atom. The summed E-state index contributed by atoms with van der Waals surface area (Å²) in [6.45, 7) is 3.05. The van der Waals surface area contributed by atoms with Crippen LogP contribution in [0.3, 0.4) is 0 Å². The highest BCUT2D eigenvalue weighted by Crippen LogP contribution is 2.33. The van der Waals surface area contributed by atoms with Crippen molar-refractivity contribution in [3.63, 3.8) is 0 Å². The van der Waals surface area contributed by atoms with Gasteiger partial charge in [-0.3, -0.25) is 9.59 Å². The van der Waals surface area contributed by atoms with Crippen molar-refractivity contribution in [3.05, 3.63) is 56.8 Å². The number of nitrogens with one attached hydrogen (secondary N) is 1. The number of carbonyl (C=O) groups is 2. The molecule has 0 bridgehead atoms. The second-order valence-electron chi connectivity index (χ2n) is 8.13. The van der Waals surface area contributed by atoms with Gasteiger partial charge in [-0.2, -0.15) is 5.10 Å². The Morgan fingerprint density at radius 2 is 1.97 bits per heavy atom. The molecule has 5 rings (SSSR count). The molecule has 5 heterocycles. The van der Waals surface area contributed by atoms with Crippen LogP contribution in [-0.4, -0.2) is 64.1 Å². The van der Waals surface area contributed by atoms with E-state index in [1.807, 2.05) is 23.1 Å². The van der Waals surface area contributed by atoms with Gasteiger partial charge >= 0.3 is 0 Å². The zero-order chi connectivity index (χ0) is 21.9. The minimum atomic E-state index is -0.0107. The van der Waals surface area contributed by atoms with Gasteiger partial charge in [-0.1, -0.05) is 0 Å². The van der Waals surface area contributed by atoms with Gasteiger partial charge in [0.2, 0.25) is 0 Å². The average Bonchev–Trinajstić information content (AvgIpc) is 3.61. The van der Waals surface area contributed by atoms with Crippen LogP contribution in [0.1, 0.15) is 50.2 Å². The molecule has 8 nitrogen and oxygen atoms in total. The maximum atomic E-state index is 12.8. The van der Waals surface area contributed by atoms with Gasteiger partial charge in [0.25, 0.3) is 11.8 Å². The molecule has 2 amide bonds. The molecular weight excluding hydrogens is 444 g/mol. The minimum Gasteiger partial charge on any atom is -0.353 e. The van der Waals surface area contributed by atoms with E-state index in [9.17, 15) is 9.59 Å². The number of piperidine rings is 1. The lowest BCUT2D eigenvalue weighted by molar-refractivity contribution is 0.0708. The van der Waals surface area contributed by atoms with Crippen LogP contribution in [0.2, 0.25) is 0 Å². The van der Waals surface area contributed by atoms with Crippen molar-refractivity contribution in [2.75, 3.05) is 31.1 Å². The largest absolute Gasteiger partial charge is 0.353 e. The molecule has 0 aromatic carbocycles. The molecule has 0 radical (unpaired) electrons. The lowest BCUT2D eigenvalue weighted by Gasteiger charge is -2.31. The standard InChI is InChI=1S/C22H24N6O2S2/c29-21(25-16-7-11-28(12-16)20-2-1-8-24-26-20)19-4-3-18(32-19)15-5-9-27(10-6-15)22(30)17-13-31-14-23-17/h1-4,8,13-16H,5-7,9-12H2,(H,25,29)/t16-/m0/s1. The maximum absolute atomic E-state index is 12.8. The van der Waals surface area contributed by atoms with Crippen LogP contribution in [0, 0.1) is 0 Å². The number of rotatable bonds is 5. The van der Waals surface area contributed by atoms with Gasteiger partial charge in [-0.15, -0.1) is 27.8 Å². The number of thiophene rings is 1. The van der Waals surface area contributed by atoms with E-state index in [-0.39, 0.29) is 17.9 Å². The molecule has 2 aliphatic rings. The molecule has 1 N–H and O–H groups in total. The highest BCUT2D eigenvalue weighted by Gasteiger charge is 2.28. The second kappa shape index (κ2) is 9.33. The summed E-state index contributed by atoms with van der Waals surface area (Å²) in [4.78, 5) is 35.4. The number of carbonyl (C=O) groups excluding carboxylic acids is 2. The predicted molar refractivity (Wildman–Crippen MR) is 124 cm³/mol. The summed E-state index contributed by atoms with van der Waals surface area (Å²) in [5, 5.41) is 13.1. The molecule has 32 heavy (non-hydrogen) atoms. The highest BCUT2D eigenvalue weighted by molar-refractivity contribution is 7.14. The van der Waals surface area contributed by atoms with Crippen LogP contribution in [-0.2, 0) is 0 Å². The zero-order valence-electron chi connectivity index (χ0n) is 17.5. The van der Waals surface area contributed by atoms with Crippen LogP contribution in [0.25, 0.3) is 0 Å². The van der Waals surface area contributed by atoms with Crippen LogP contribution in [0.4, 0.5) is 5.82 Å². The van der Waals surface area contributed by atoms with Crippen LogP contribution < -0.4 is 10.2 Å². The molecule has 2 saturated heterocycles. The smallest absolute Gasteiger partial charge is 0.273 e. The number of amides is 2. The van der Waals surface area contributed by atoms with E-state index in [1.54, 1.807) is 28.4 Å². The molecule has 2 aliphatic heterocycles. The number of likely N-dealkylation sites (tertiary alicyclic amines) is 1. The quantitative estimate of drug-likeness (QED) is 0.619. The van der Waals surface area contributed by atoms with E-state index >= 15 is 0 Å². The number of aromatic nitrogens is 3. The summed E-state index contributed by atoms with van der Waals surface area (Å²) in [6, 6.07) is 7.93. The second-order valence-corrected chi connectivity index (χ2v) is 9.96. The van der Waals surface area contributed by atoms with Crippen molar-refractivity contribution in [3.8, 4) is 0 Å². The fraction of sp³-hybridized carbons (Fsp3) is 0.409. The van der Waals surface area contributed by atoms with Crippen LogP contribution >= 0.6 is 22.7 Å². The lowest BCUT2D eigenvalue weighted by atomic mass is 9.95. The van der Waals surface area contributed by atoms with Gasteiger partial charge in [0.15, 0.2) is 5.82 Å². The number of nitrogens with zero attached hydrogens (tertiary/aromatic N) is 5. The third kappa shape index (κ3) is 4.51. The molecule has 0 unspecified atom stereocenters. The Labute approximate surface area is 194 Å². The lowest BCUT2D eigenvalue weighted by Crippen LogP contribution is -2.38. The van der Waals surface area contributed by atoms with Gasteiger partial charge in [-0.05, 0) is 49.4 Å². The van der Waals surface area contributed by atoms with E-state index in [4.69, 9.17) is 0 Å². The van der Waals surface area contributed by atoms with Gasteiger partial charge in [0.1, 0.15) is 5.69 Å². The number of anilines is 1. The van der Waals surface area contributed by atoms with E-state index in [2.05, 4.69) is 31.5 Å². The van der Waals surface area contributed by atoms with Crippen LogP contribution in [0.15, 0.2) is 41.4 Å². The molecule has 1 atom stereocenters. The van der Waals surface area contributed by atoms with Gasteiger partial charge in [0.05, 0.1) is 10.4 Å². The van der Waals surface area contributed by atoms with Crippen molar-refractivity contribution >= 4 is 40.3 Å². The Bertz CT molecular complexity index is 1060. The molecule has 0 saturated carbocycles. The summed E-state index contributed by atoms with van der Waals surface area (Å²) in [5.41, 5.74) is 2.23. The Balaban J connectivity index is 1.13. The molecule has 10 heteroatoms. The van der Waals surface area contributed by atoms with Gasteiger partial charge < -0.3 is 15.1 Å². The third-order valence-corrected chi connectivity index (χ3v) is 7.93. The monoisotopic (exact) mass is 468 g/mol. The summed E-state index contributed by atoms with van der Waals surface area (Å²) in [7, 11) is 0. The molecule has 0 spiro atoms. The predicted octanol–water partition coefficient (Wildman–Crippen LogP) is 3.02. The van der Waals surface area contributed by atoms with Crippen molar-refractivity contribution in [1.82, 2.24) is 25.4 Å². The van der Waals surface area contributed by atoms with Gasteiger partial charge in [0, 0.05) is 48.7 Å². The Hall–Kier alpha value is -2.85. The van der Waals surface area contributed by atoms with E-state index in [0.717, 1.165) is 56.1 Å². The SMILES string of the molecule is O=C(N[C@H]1CCN(c2cccnn2)C1)c1ccc(C2CCN(C(=O)c3cscn3)CC2)s1. The molecule has 166 valence electrons.